The van der Waals surface area contributed by atoms with Crippen molar-refractivity contribution in [2.45, 2.75) is 13.5 Å². The molecule has 1 heterocycles. The van der Waals surface area contributed by atoms with Crippen LogP contribution in [0, 0.1) is 12.7 Å². The Hall–Kier alpha value is -3.41. The fourth-order valence-corrected chi connectivity index (χ4v) is 2.67. The van der Waals surface area contributed by atoms with Gasteiger partial charge >= 0.3 is 0 Å². The Labute approximate surface area is 156 Å². The van der Waals surface area contributed by atoms with Crippen molar-refractivity contribution in [3.63, 3.8) is 0 Å². The van der Waals surface area contributed by atoms with Crippen LogP contribution in [0.15, 0.2) is 71.3 Å². The molecule has 0 bridgehead atoms. The Kier molecular flexibility index (Phi) is 5.66. The number of furan rings is 1. The molecule has 3 rings (SSSR count). The van der Waals surface area contributed by atoms with Gasteiger partial charge in [0.2, 0.25) is 5.91 Å². The number of anilines is 1. The largest absolute Gasteiger partial charge is 0.459 e. The van der Waals surface area contributed by atoms with E-state index in [0.717, 1.165) is 11.1 Å². The van der Waals surface area contributed by atoms with Gasteiger partial charge in [-0.2, -0.15) is 0 Å². The molecule has 0 radical (unpaired) electrons. The maximum absolute atomic E-state index is 13.0. The number of nitrogens with one attached hydrogen (secondary N) is 1. The van der Waals surface area contributed by atoms with Gasteiger partial charge in [0.15, 0.2) is 5.76 Å². The molecule has 6 heteroatoms. The highest BCUT2D eigenvalue weighted by atomic mass is 19.1. The van der Waals surface area contributed by atoms with Crippen molar-refractivity contribution in [3.8, 4) is 0 Å². The predicted molar refractivity (Wildman–Crippen MR) is 99.8 cm³/mol. The summed E-state index contributed by atoms with van der Waals surface area (Å²) >= 11 is 0. The van der Waals surface area contributed by atoms with Crippen LogP contribution < -0.4 is 10.2 Å². The molecule has 0 atom stereocenters. The quantitative estimate of drug-likeness (QED) is 0.724. The number of para-hydroxylation sites is 1. The van der Waals surface area contributed by atoms with Gasteiger partial charge in [0, 0.05) is 12.2 Å². The fraction of sp³-hybridized carbons (Fsp3) is 0.143. The summed E-state index contributed by atoms with van der Waals surface area (Å²) in [6.07, 6.45) is 1.41. The second kappa shape index (κ2) is 8.31. The lowest BCUT2D eigenvalue weighted by Gasteiger charge is -2.23. The zero-order valence-corrected chi connectivity index (χ0v) is 14.8. The first-order chi connectivity index (χ1) is 13.0. The Morgan fingerprint density at radius 3 is 2.44 bits per heavy atom. The van der Waals surface area contributed by atoms with Crippen molar-refractivity contribution < 1.29 is 18.4 Å². The summed E-state index contributed by atoms with van der Waals surface area (Å²) in [4.78, 5) is 26.6. The van der Waals surface area contributed by atoms with Gasteiger partial charge in [-0.05, 0) is 48.4 Å². The summed E-state index contributed by atoms with van der Waals surface area (Å²) in [5.74, 6) is -0.904. The molecule has 0 spiro atoms. The molecule has 3 aromatic rings. The smallest absolute Gasteiger partial charge is 0.294 e. The second-order valence-electron chi connectivity index (χ2n) is 6.06. The van der Waals surface area contributed by atoms with Crippen molar-refractivity contribution in [2.75, 3.05) is 11.4 Å². The monoisotopic (exact) mass is 366 g/mol. The number of carbonyl (C=O) groups excluding carboxylic acids is 2. The topological polar surface area (TPSA) is 62.6 Å². The number of amides is 2. The minimum atomic E-state index is -0.397. The van der Waals surface area contributed by atoms with Crippen LogP contribution >= 0.6 is 0 Å². The summed E-state index contributed by atoms with van der Waals surface area (Å²) in [6.45, 7) is 1.95. The SMILES string of the molecule is Cc1ccccc1N(CC(=O)NCc1ccc(F)cc1)C(=O)c1ccco1. The summed E-state index contributed by atoms with van der Waals surface area (Å²) in [5, 5.41) is 2.75. The molecule has 0 aliphatic heterocycles. The highest BCUT2D eigenvalue weighted by molar-refractivity contribution is 6.07. The standard InChI is InChI=1S/C21H19FN2O3/c1-15-5-2-3-6-18(15)24(21(26)19-7-4-12-27-19)14-20(25)23-13-16-8-10-17(22)11-9-16/h2-12H,13-14H2,1H3,(H,23,25). The molecular weight excluding hydrogens is 347 g/mol. The number of hydrogen-bond donors (Lipinski definition) is 1. The van der Waals surface area contributed by atoms with Gasteiger partial charge in [-0.3, -0.25) is 14.5 Å². The number of aryl methyl sites for hydroxylation is 1. The van der Waals surface area contributed by atoms with E-state index in [0.29, 0.717) is 5.69 Å². The molecule has 1 N–H and O–H groups in total. The van der Waals surface area contributed by atoms with E-state index >= 15 is 0 Å². The normalized spacial score (nSPS) is 10.4. The van der Waals surface area contributed by atoms with Gasteiger partial charge in [-0.15, -0.1) is 0 Å². The Balaban J connectivity index is 1.74. The number of hydrogen-bond acceptors (Lipinski definition) is 3. The van der Waals surface area contributed by atoms with E-state index < -0.39 is 5.91 Å². The zero-order valence-electron chi connectivity index (χ0n) is 14.8. The van der Waals surface area contributed by atoms with Crippen molar-refractivity contribution in [2.24, 2.45) is 0 Å². The van der Waals surface area contributed by atoms with Crippen LogP contribution in [0.4, 0.5) is 10.1 Å². The lowest BCUT2D eigenvalue weighted by molar-refractivity contribution is -0.119. The lowest BCUT2D eigenvalue weighted by atomic mass is 10.1. The van der Waals surface area contributed by atoms with Crippen LogP contribution in [-0.4, -0.2) is 18.4 Å². The molecule has 27 heavy (non-hydrogen) atoms. The molecular formula is C21H19FN2O3. The van der Waals surface area contributed by atoms with Crippen LogP contribution in [0.3, 0.4) is 0 Å². The van der Waals surface area contributed by atoms with E-state index in [9.17, 15) is 14.0 Å². The number of benzene rings is 2. The average Bonchev–Trinajstić information content (AvgIpc) is 3.21. The Bertz CT molecular complexity index is 921. The van der Waals surface area contributed by atoms with E-state index in [1.807, 2.05) is 19.1 Å². The highest BCUT2D eigenvalue weighted by Crippen LogP contribution is 2.21. The van der Waals surface area contributed by atoms with Gasteiger partial charge < -0.3 is 9.73 Å². The van der Waals surface area contributed by atoms with E-state index in [1.165, 1.54) is 23.3 Å². The number of nitrogens with zero attached hydrogens (tertiary/aromatic N) is 1. The molecule has 0 fully saturated rings. The van der Waals surface area contributed by atoms with Crippen molar-refractivity contribution >= 4 is 17.5 Å². The Morgan fingerprint density at radius 2 is 1.78 bits per heavy atom. The summed E-state index contributed by atoms with van der Waals surface area (Å²) in [7, 11) is 0. The third kappa shape index (κ3) is 4.61. The van der Waals surface area contributed by atoms with Gasteiger partial charge in [-0.1, -0.05) is 30.3 Å². The first kappa shape index (κ1) is 18.4. The van der Waals surface area contributed by atoms with E-state index in [4.69, 9.17) is 4.42 Å². The molecule has 0 saturated heterocycles. The van der Waals surface area contributed by atoms with Crippen molar-refractivity contribution in [1.29, 1.82) is 0 Å². The van der Waals surface area contributed by atoms with Gasteiger partial charge in [-0.25, -0.2) is 4.39 Å². The number of rotatable bonds is 6. The third-order valence-corrected chi connectivity index (χ3v) is 4.09. The summed E-state index contributed by atoms with van der Waals surface area (Å²) in [5.41, 5.74) is 2.27. The van der Waals surface area contributed by atoms with Crippen LogP contribution in [0.5, 0.6) is 0 Å². The summed E-state index contributed by atoms with van der Waals surface area (Å²) in [6, 6.07) is 16.4. The molecule has 0 aliphatic carbocycles. The van der Waals surface area contributed by atoms with Gasteiger partial charge in [0.25, 0.3) is 5.91 Å². The fourth-order valence-electron chi connectivity index (χ4n) is 2.67. The predicted octanol–water partition coefficient (Wildman–Crippen LogP) is 3.69. The minimum absolute atomic E-state index is 0.157. The molecule has 0 saturated carbocycles. The van der Waals surface area contributed by atoms with Crippen LogP contribution in [0.25, 0.3) is 0 Å². The second-order valence-corrected chi connectivity index (χ2v) is 6.06. The van der Waals surface area contributed by atoms with E-state index in [-0.39, 0.29) is 30.6 Å². The maximum atomic E-state index is 13.0. The highest BCUT2D eigenvalue weighted by Gasteiger charge is 2.23. The van der Waals surface area contributed by atoms with Crippen molar-refractivity contribution in [1.82, 2.24) is 5.32 Å². The lowest BCUT2D eigenvalue weighted by Crippen LogP contribution is -2.41. The maximum Gasteiger partial charge on any atom is 0.294 e. The summed E-state index contributed by atoms with van der Waals surface area (Å²) < 4.78 is 18.2. The molecule has 2 aromatic carbocycles. The van der Waals surface area contributed by atoms with Crippen LogP contribution in [0.1, 0.15) is 21.7 Å². The van der Waals surface area contributed by atoms with Crippen LogP contribution in [0.2, 0.25) is 0 Å². The van der Waals surface area contributed by atoms with E-state index in [1.54, 1.807) is 36.4 Å². The van der Waals surface area contributed by atoms with Crippen LogP contribution in [-0.2, 0) is 11.3 Å². The molecule has 1 aromatic heterocycles. The molecule has 2 amide bonds. The zero-order chi connectivity index (χ0) is 19.2. The molecule has 138 valence electrons. The van der Waals surface area contributed by atoms with Crippen molar-refractivity contribution in [3.05, 3.63) is 89.6 Å². The number of carbonyl (C=O) groups is 2. The first-order valence-electron chi connectivity index (χ1n) is 8.47. The van der Waals surface area contributed by atoms with Gasteiger partial charge in [0.05, 0.1) is 6.26 Å². The molecule has 5 nitrogen and oxygen atoms in total. The average molecular weight is 366 g/mol. The first-order valence-corrected chi connectivity index (χ1v) is 8.47. The molecule has 0 unspecified atom stereocenters. The van der Waals surface area contributed by atoms with E-state index in [2.05, 4.69) is 5.32 Å². The Morgan fingerprint density at radius 1 is 1.04 bits per heavy atom. The number of halogens is 1. The molecule has 0 aliphatic rings. The van der Waals surface area contributed by atoms with Gasteiger partial charge in [0.1, 0.15) is 12.4 Å². The third-order valence-electron chi connectivity index (χ3n) is 4.09. The minimum Gasteiger partial charge on any atom is -0.459 e.